The van der Waals surface area contributed by atoms with E-state index >= 15 is 0 Å². The van der Waals surface area contributed by atoms with Crippen molar-refractivity contribution >= 4 is 22.7 Å². The monoisotopic (exact) mass is 483 g/mol. The van der Waals surface area contributed by atoms with E-state index in [1.165, 1.54) is 50.6 Å². The van der Waals surface area contributed by atoms with Crippen LogP contribution in [0.2, 0.25) is 0 Å². The van der Waals surface area contributed by atoms with Gasteiger partial charge in [-0.15, -0.1) is 5.11 Å². The van der Waals surface area contributed by atoms with Gasteiger partial charge in [-0.3, -0.25) is 10.1 Å². The van der Waals surface area contributed by atoms with Crippen molar-refractivity contribution in [2.75, 3.05) is 14.2 Å². The molecule has 27 heavy (non-hydrogen) atoms. The number of non-ortho nitro benzene ring substituents is 1. The summed E-state index contributed by atoms with van der Waals surface area (Å²) in [6.45, 7) is 0. The van der Waals surface area contributed by atoms with Crippen LogP contribution in [0.15, 0.2) is 46.6 Å². The standard InChI is InChI=1S/C14H12N5O4.3ClH.Zn/c1-22-13-8-12(14(23-2)7-11(13)16-15)18-17-9-3-5-10(6-4-9)19(20)21;;;;/h3-8H,1-2H3;3*1H;/q+1;;;;+2/p-3. The maximum absolute atomic E-state index is 10.6. The molecule has 0 fully saturated rings. The summed E-state index contributed by atoms with van der Waals surface area (Å²) in [6, 6.07) is 8.57. The van der Waals surface area contributed by atoms with Gasteiger partial charge < -0.3 is 46.7 Å². The second-order valence-corrected chi connectivity index (χ2v) is 4.27. The Bertz CT molecular complexity index is 816. The Kier molecular flexibility index (Phi) is 15.5. The first-order valence-corrected chi connectivity index (χ1v) is 6.36. The fraction of sp³-hybridized carbons (Fsp3) is 0.143. The van der Waals surface area contributed by atoms with E-state index in [-0.39, 0.29) is 68.1 Å². The largest absolute Gasteiger partial charge is 2.00 e. The van der Waals surface area contributed by atoms with Crippen LogP contribution in [0.1, 0.15) is 0 Å². The molecule has 0 N–H and O–H groups in total. The number of rotatable bonds is 5. The van der Waals surface area contributed by atoms with E-state index in [0.29, 0.717) is 22.9 Å². The Balaban J connectivity index is -0.00000144. The van der Waals surface area contributed by atoms with Gasteiger partial charge in [-0.2, -0.15) is 5.11 Å². The number of halogens is 3. The molecule has 0 aliphatic carbocycles. The predicted octanol–water partition coefficient (Wildman–Crippen LogP) is -4.48. The second-order valence-electron chi connectivity index (χ2n) is 4.27. The molecule has 0 aromatic heterocycles. The molecule has 0 radical (unpaired) electrons. The van der Waals surface area contributed by atoms with Crippen molar-refractivity contribution in [3.63, 3.8) is 0 Å². The minimum absolute atomic E-state index is 0. The van der Waals surface area contributed by atoms with Gasteiger partial charge in [-0.1, -0.05) is 0 Å². The maximum Gasteiger partial charge on any atom is 2.00 e. The van der Waals surface area contributed by atoms with Crippen LogP contribution in [0, 0.1) is 15.5 Å². The fourth-order valence-electron chi connectivity index (χ4n) is 1.77. The molecule has 13 heteroatoms. The summed E-state index contributed by atoms with van der Waals surface area (Å²) in [7, 11) is 2.86. The maximum atomic E-state index is 10.6. The number of hydrogen-bond acceptors (Lipinski definition) is 7. The predicted molar refractivity (Wildman–Crippen MR) is 81.6 cm³/mol. The molecule has 0 heterocycles. The van der Waals surface area contributed by atoms with Crippen molar-refractivity contribution in [2.45, 2.75) is 0 Å². The van der Waals surface area contributed by atoms with Gasteiger partial charge in [-0.05, 0) is 12.1 Å². The number of hydrogen-bond donors (Lipinski definition) is 0. The van der Waals surface area contributed by atoms with Crippen LogP contribution >= 0.6 is 0 Å². The van der Waals surface area contributed by atoms with Gasteiger partial charge in [0.1, 0.15) is 5.69 Å². The van der Waals surface area contributed by atoms with Crippen molar-refractivity contribution < 1.29 is 71.1 Å². The third-order valence-electron chi connectivity index (χ3n) is 2.92. The van der Waals surface area contributed by atoms with E-state index in [9.17, 15) is 10.1 Å². The van der Waals surface area contributed by atoms with E-state index in [2.05, 4.69) is 15.2 Å². The Morgan fingerprint density at radius 3 is 2.00 bits per heavy atom. The zero-order valence-corrected chi connectivity index (χ0v) is 19.4. The van der Waals surface area contributed by atoms with Crippen LogP contribution in [0.3, 0.4) is 0 Å². The number of nitro benzene ring substituents is 1. The molecule has 2 aromatic carbocycles. The third kappa shape index (κ3) is 7.61. The molecule has 140 valence electrons. The Hall–Kier alpha value is -2.05. The number of nitro groups is 1. The summed E-state index contributed by atoms with van der Waals surface area (Å²) in [6.07, 6.45) is 0. The number of diazo groups is 1. The van der Waals surface area contributed by atoms with Crippen LogP contribution in [-0.2, 0) is 19.5 Å². The first-order chi connectivity index (χ1) is 11.1. The van der Waals surface area contributed by atoms with Crippen LogP contribution in [0.25, 0.3) is 4.98 Å². The van der Waals surface area contributed by atoms with Gasteiger partial charge in [0.15, 0.2) is 10.7 Å². The molecular weight excluding hydrogens is 474 g/mol. The molecule has 0 amide bonds. The van der Waals surface area contributed by atoms with Crippen LogP contribution in [-0.4, -0.2) is 19.1 Å². The second kappa shape index (κ2) is 14.1. The van der Waals surface area contributed by atoms with Gasteiger partial charge >= 0.3 is 25.2 Å². The summed E-state index contributed by atoms with van der Waals surface area (Å²) in [5.74, 6) is 0.634. The number of methoxy groups -OCH3 is 2. The Morgan fingerprint density at radius 1 is 1.00 bits per heavy atom. The van der Waals surface area contributed by atoms with Gasteiger partial charge in [0.2, 0.25) is 11.1 Å². The molecule has 0 bridgehead atoms. The zero-order valence-electron chi connectivity index (χ0n) is 14.2. The molecule has 2 aromatic rings. The van der Waals surface area contributed by atoms with E-state index in [1.807, 2.05) is 0 Å². The molecule has 2 rings (SSSR count). The fourth-order valence-corrected chi connectivity index (χ4v) is 1.77. The van der Waals surface area contributed by atoms with Gasteiger partial charge in [-0.25, -0.2) is 0 Å². The molecule has 0 saturated heterocycles. The number of benzene rings is 2. The summed E-state index contributed by atoms with van der Waals surface area (Å²) in [5.41, 5.74) is 0.957. The molecule has 0 aliphatic rings. The number of azo groups is 1. The summed E-state index contributed by atoms with van der Waals surface area (Å²) in [4.78, 5) is 13.2. The van der Waals surface area contributed by atoms with Crippen molar-refractivity contribution in [3.8, 4) is 11.5 Å². The zero-order chi connectivity index (χ0) is 16.8. The molecule has 0 unspecified atom stereocenters. The molecule has 0 spiro atoms. The van der Waals surface area contributed by atoms with Crippen molar-refractivity contribution in [1.29, 1.82) is 5.39 Å². The summed E-state index contributed by atoms with van der Waals surface area (Å²) < 4.78 is 10.2. The molecule has 0 aliphatic heterocycles. The average Bonchev–Trinajstić information content (AvgIpc) is 2.59. The van der Waals surface area contributed by atoms with Gasteiger partial charge in [0.05, 0.1) is 30.9 Å². The first-order valence-electron chi connectivity index (χ1n) is 6.36. The van der Waals surface area contributed by atoms with E-state index in [1.54, 1.807) is 0 Å². The van der Waals surface area contributed by atoms with Crippen molar-refractivity contribution in [1.82, 2.24) is 0 Å². The minimum atomic E-state index is -0.494. The van der Waals surface area contributed by atoms with Crippen LogP contribution in [0.4, 0.5) is 22.7 Å². The third-order valence-corrected chi connectivity index (χ3v) is 2.92. The van der Waals surface area contributed by atoms with E-state index in [0.717, 1.165) is 0 Å². The van der Waals surface area contributed by atoms with Gasteiger partial charge in [0.25, 0.3) is 5.69 Å². The quantitative estimate of drug-likeness (QED) is 0.139. The normalized spacial score (nSPS) is 8.78. The van der Waals surface area contributed by atoms with E-state index in [4.69, 9.17) is 14.9 Å². The SMILES string of the molecule is COc1cc([N+]#N)c(OC)cc1N=Nc1ccc([N+](=O)[O-])cc1.[Cl-].[Cl-].[Cl-].[Zn+2]. The van der Waals surface area contributed by atoms with Crippen LogP contribution < -0.4 is 46.7 Å². The van der Waals surface area contributed by atoms with Crippen molar-refractivity contribution in [3.05, 3.63) is 51.5 Å². The molecular formula is C14H12Cl3N5O4Zn. The topological polar surface area (TPSA) is 114 Å². The number of ether oxygens (including phenoxy) is 2. The summed E-state index contributed by atoms with van der Waals surface area (Å²) in [5, 5.41) is 27.5. The molecule has 0 atom stereocenters. The number of nitrogens with zero attached hydrogens (tertiary/aromatic N) is 5. The molecule has 0 saturated carbocycles. The van der Waals surface area contributed by atoms with Crippen LogP contribution in [0.5, 0.6) is 11.5 Å². The summed E-state index contributed by atoms with van der Waals surface area (Å²) >= 11 is 0. The van der Waals surface area contributed by atoms with Crippen molar-refractivity contribution in [2.24, 2.45) is 10.2 Å². The Morgan fingerprint density at radius 2 is 1.56 bits per heavy atom. The average molecular weight is 486 g/mol. The minimum Gasteiger partial charge on any atom is -1.00 e. The van der Waals surface area contributed by atoms with Gasteiger partial charge in [0, 0.05) is 18.2 Å². The first kappa shape index (κ1) is 29.7. The Labute approximate surface area is 186 Å². The smallest absolute Gasteiger partial charge is 1.00 e. The van der Waals surface area contributed by atoms with E-state index < -0.39 is 4.92 Å². The molecule has 9 nitrogen and oxygen atoms in total.